The number of benzene rings is 1. The molecular formula is C17H24ClN3O3. The molecule has 6 nitrogen and oxygen atoms in total. The molecule has 1 unspecified atom stereocenters. The molecule has 24 heavy (non-hydrogen) atoms. The van der Waals surface area contributed by atoms with Crippen LogP contribution in [-0.2, 0) is 16.1 Å². The Morgan fingerprint density at radius 2 is 2.17 bits per heavy atom. The summed E-state index contributed by atoms with van der Waals surface area (Å²) in [5, 5.41) is 3.91. The maximum absolute atomic E-state index is 12.5. The largest absolute Gasteiger partial charge is 0.496 e. The molecule has 1 amide bonds. The zero-order valence-electron chi connectivity index (χ0n) is 14.0. The van der Waals surface area contributed by atoms with Gasteiger partial charge in [0.1, 0.15) is 11.9 Å². The van der Waals surface area contributed by atoms with Crippen LogP contribution in [0.4, 0.5) is 0 Å². The first-order valence-electron chi connectivity index (χ1n) is 8.33. The van der Waals surface area contributed by atoms with E-state index in [9.17, 15) is 4.79 Å². The summed E-state index contributed by atoms with van der Waals surface area (Å²) in [5.41, 5.74) is 1.07. The third kappa shape index (κ3) is 4.19. The van der Waals surface area contributed by atoms with Crippen molar-refractivity contribution in [1.29, 1.82) is 0 Å². The lowest BCUT2D eigenvalue weighted by Gasteiger charge is -2.37. The smallest absolute Gasteiger partial charge is 0.253 e. The van der Waals surface area contributed by atoms with E-state index in [2.05, 4.69) is 10.2 Å². The molecule has 2 fully saturated rings. The van der Waals surface area contributed by atoms with Crippen molar-refractivity contribution in [1.82, 2.24) is 15.1 Å². The molecule has 2 saturated heterocycles. The fraction of sp³-hybridized carbons (Fsp3) is 0.588. The molecule has 0 aliphatic carbocycles. The zero-order chi connectivity index (χ0) is 16.9. The maximum Gasteiger partial charge on any atom is 0.253 e. The van der Waals surface area contributed by atoms with Gasteiger partial charge in [0.15, 0.2) is 0 Å². The fourth-order valence-electron chi connectivity index (χ4n) is 3.17. The quantitative estimate of drug-likeness (QED) is 0.874. The Morgan fingerprint density at radius 1 is 1.38 bits per heavy atom. The molecule has 1 aromatic carbocycles. The van der Waals surface area contributed by atoms with Crippen molar-refractivity contribution in [2.75, 3.05) is 53.0 Å². The van der Waals surface area contributed by atoms with Gasteiger partial charge in [0.2, 0.25) is 0 Å². The van der Waals surface area contributed by atoms with Gasteiger partial charge in [0, 0.05) is 56.4 Å². The van der Waals surface area contributed by atoms with Crippen LogP contribution in [0, 0.1) is 0 Å². The molecule has 1 aromatic rings. The van der Waals surface area contributed by atoms with E-state index in [0.29, 0.717) is 18.2 Å². The number of halogens is 1. The third-order valence-electron chi connectivity index (χ3n) is 4.52. The first-order chi connectivity index (χ1) is 11.7. The van der Waals surface area contributed by atoms with Gasteiger partial charge in [-0.05, 0) is 18.2 Å². The molecule has 0 spiro atoms. The van der Waals surface area contributed by atoms with E-state index < -0.39 is 0 Å². The second-order valence-electron chi connectivity index (χ2n) is 6.12. The maximum atomic E-state index is 12.5. The van der Waals surface area contributed by atoms with Gasteiger partial charge in [-0.15, -0.1) is 0 Å². The molecule has 2 heterocycles. The number of morpholine rings is 1. The number of hydrogen-bond donors (Lipinski definition) is 1. The topological polar surface area (TPSA) is 54.0 Å². The van der Waals surface area contributed by atoms with E-state index in [0.717, 1.165) is 50.6 Å². The second-order valence-corrected chi connectivity index (χ2v) is 6.56. The van der Waals surface area contributed by atoms with E-state index in [4.69, 9.17) is 21.1 Å². The predicted octanol–water partition coefficient (Wildman–Crippen LogP) is 0.981. The molecule has 3 rings (SSSR count). The minimum atomic E-state index is -0.335. The van der Waals surface area contributed by atoms with Crippen molar-refractivity contribution < 1.29 is 14.3 Å². The Kier molecular flexibility index (Phi) is 5.94. The predicted molar refractivity (Wildman–Crippen MR) is 92.5 cm³/mol. The molecule has 1 N–H and O–H groups in total. The Hall–Kier alpha value is -1.34. The van der Waals surface area contributed by atoms with Crippen LogP contribution in [0.25, 0.3) is 0 Å². The summed E-state index contributed by atoms with van der Waals surface area (Å²) in [6, 6.07) is 5.67. The van der Waals surface area contributed by atoms with E-state index >= 15 is 0 Å². The number of carbonyl (C=O) groups excluding carboxylic acids is 1. The number of ether oxygens (including phenoxy) is 2. The van der Waals surface area contributed by atoms with Crippen molar-refractivity contribution in [2.24, 2.45) is 0 Å². The summed E-state index contributed by atoms with van der Waals surface area (Å²) in [5.74, 6) is 0.946. The van der Waals surface area contributed by atoms with Gasteiger partial charge in [-0.25, -0.2) is 0 Å². The minimum Gasteiger partial charge on any atom is -0.496 e. The molecule has 0 saturated carbocycles. The van der Waals surface area contributed by atoms with E-state index in [1.807, 2.05) is 23.1 Å². The molecule has 0 radical (unpaired) electrons. The van der Waals surface area contributed by atoms with E-state index in [-0.39, 0.29) is 12.0 Å². The first-order valence-corrected chi connectivity index (χ1v) is 8.71. The number of nitrogens with one attached hydrogen (secondary N) is 1. The molecule has 2 aliphatic heterocycles. The third-order valence-corrected chi connectivity index (χ3v) is 4.76. The summed E-state index contributed by atoms with van der Waals surface area (Å²) in [6.07, 6.45) is -0.335. The van der Waals surface area contributed by atoms with E-state index in [1.54, 1.807) is 7.11 Å². The van der Waals surface area contributed by atoms with Gasteiger partial charge in [0.25, 0.3) is 5.91 Å². The molecule has 2 aliphatic rings. The number of methoxy groups -OCH3 is 1. The number of hydrogen-bond acceptors (Lipinski definition) is 5. The highest BCUT2D eigenvalue weighted by molar-refractivity contribution is 6.30. The number of nitrogens with zero attached hydrogens (tertiary/aromatic N) is 2. The van der Waals surface area contributed by atoms with Crippen LogP contribution in [0.15, 0.2) is 18.2 Å². The lowest BCUT2D eigenvalue weighted by molar-refractivity contribution is -0.147. The van der Waals surface area contributed by atoms with Gasteiger partial charge in [-0.2, -0.15) is 0 Å². The highest BCUT2D eigenvalue weighted by Crippen LogP contribution is 2.24. The van der Waals surface area contributed by atoms with Crippen LogP contribution >= 0.6 is 11.6 Å². The Morgan fingerprint density at radius 3 is 2.83 bits per heavy atom. The fourth-order valence-corrected chi connectivity index (χ4v) is 3.36. The average Bonchev–Trinajstić information content (AvgIpc) is 2.63. The summed E-state index contributed by atoms with van der Waals surface area (Å²) < 4.78 is 11.0. The highest BCUT2D eigenvalue weighted by atomic mass is 35.5. The second kappa shape index (κ2) is 8.16. The Balaban J connectivity index is 1.53. The molecular weight excluding hydrogens is 330 g/mol. The SMILES string of the molecule is COc1ccc(Cl)cc1CN1CCN(C(=O)C2CNCCO2)CC1. The zero-order valence-corrected chi connectivity index (χ0v) is 14.7. The lowest BCUT2D eigenvalue weighted by atomic mass is 10.1. The van der Waals surface area contributed by atoms with Crippen molar-refractivity contribution in [2.45, 2.75) is 12.6 Å². The van der Waals surface area contributed by atoms with Crippen LogP contribution in [0.1, 0.15) is 5.56 Å². The normalized spacial score (nSPS) is 22.4. The molecule has 132 valence electrons. The van der Waals surface area contributed by atoms with Crippen molar-refractivity contribution in [3.8, 4) is 5.75 Å². The van der Waals surface area contributed by atoms with Gasteiger partial charge in [-0.3, -0.25) is 9.69 Å². The standard InChI is InChI=1S/C17H24ClN3O3/c1-23-15-3-2-14(18)10-13(15)12-20-5-7-21(8-6-20)17(22)16-11-19-4-9-24-16/h2-3,10,16,19H,4-9,11-12H2,1H3. The lowest BCUT2D eigenvalue weighted by Crippen LogP contribution is -2.54. The number of piperazine rings is 1. The monoisotopic (exact) mass is 353 g/mol. The summed E-state index contributed by atoms with van der Waals surface area (Å²) in [4.78, 5) is 16.7. The van der Waals surface area contributed by atoms with Crippen LogP contribution in [-0.4, -0.2) is 74.8 Å². The molecule has 0 bridgehead atoms. The number of amides is 1. The van der Waals surface area contributed by atoms with Crippen LogP contribution in [0.2, 0.25) is 5.02 Å². The van der Waals surface area contributed by atoms with Gasteiger partial charge < -0.3 is 19.7 Å². The van der Waals surface area contributed by atoms with Crippen LogP contribution in [0.5, 0.6) is 5.75 Å². The summed E-state index contributed by atoms with van der Waals surface area (Å²) in [7, 11) is 1.67. The highest BCUT2D eigenvalue weighted by Gasteiger charge is 2.29. The molecule has 7 heteroatoms. The van der Waals surface area contributed by atoms with Crippen molar-refractivity contribution in [3.05, 3.63) is 28.8 Å². The first kappa shape index (κ1) is 17.5. The number of rotatable bonds is 4. The van der Waals surface area contributed by atoms with E-state index in [1.165, 1.54) is 0 Å². The van der Waals surface area contributed by atoms with Crippen LogP contribution < -0.4 is 10.1 Å². The van der Waals surface area contributed by atoms with Crippen molar-refractivity contribution >= 4 is 17.5 Å². The van der Waals surface area contributed by atoms with Gasteiger partial charge >= 0.3 is 0 Å². The molecule has 1 atom stereocenters. The summed E-state index contributed by atoms with van der Waals surface area (Å²) >= 11 is 6.10. The Bertz CT molecular complexity index is 570. The Labute approximate surface area is 147 Å². The van der Waals surface area contributed by atoms with Crippen molar-refractivity contribution in [3.63, 3.8) is 0 Å². The average molecular weight is 354 g/mol. The molecule has 0 aromatic heterocycles. The van der Waals surface area contributed by atoms with Gasteiger partial charge in [-0.1, -0.05) is 11.6 Å². The minimum absolute atomic E-state index is 0.0992. The number of carbonyl (C=O) groups is 1. The van der Waals surface area contributed by atoms with Crippen LogP contribution in [0.3, 0.4) is 0 Å². The van der Waals surface area contributed by atoms with Gasteiger partial charge in [0.05, 0.1) is 13.7 Å². The summed E-state index contributed by atoms with van der Waals surface area (Å²) in [6.45, 7) is 5.92.